The smallest absolute Gasteiger partial charge is 0.251 e. The number of hydrogen-bond acceptors (Lipinski definition) is 5. The fraction of sp³-hybridized carbons (Fsp3) is 0.250. The van der Waals surface area contributed by atoms with Gasteiger partial charge in [0.15, 0.2) is 5.82 Å². The van der Waals surface area contributed by atoms with Gasteiger partial charge in [-0.1, -0.05) is 12.1 Å². The molecular weight excluding hydrogens is 294 g/mol. The average Bonchev–Trinajstić information content (AvgIpc) is 2.52. The quantitative estimate of drug-likeness (QED) is 0.762. The number of nitrogens with two attached hydrogens (primary N) is 1. The summed E-state index contributed by atoms with van der Waals surface area (Å²) in [6, 6.07) is 8.45. The van der Waals surface area contributed by atoms with E-state index in [-0.39, 0.29) is 24.4 Å². The Balaban J connectivity index is 2.07. The van der Waals surface area contributed by atoms with E-state index in [1.165, 1.54) is 0 Å². The summed E-state index contributed by atoms with van der Waals surface area (Å²) in [4.78, 5) is 31.9. The molecule has 2 amide bonds. The molecule has 7 heteroatoms. The molecular formula is C16H19N5O2. The first-order valence-corrected chi connectivity index (χ1v) is 7.22. The number of carbonyl (C=O) groups is 2. The van der Waals surface area contributed by atoms with Crippen LogP contribution in [-0.4, -0.2) is 34.4 Å². The van der Waals surface area contributed by atoms with Crippen LogP contribution in [0.2, 0.25) is 0 Å². The molecule has 0 bridgehead atoms. The van der Waals surface area contributed by atoms with E-state index in [0.717, 1.165) is 0 Å². The normalized spacial score (nSPS) is 10.4. The van der Waals surface area contributed by atoms with E-state index in [0.29, 0.717) is 22.8 Å². The first kappa shape index (κ1) is 16.4. The molecule has 2 rings (SSSR count). The van der Waals surface area contributed by atoms with Crippen LogP contribution < -0.4 is 16.4 Å². The van der Waals surface area contributed by atoms with Crippen LogP contribution in [0.3, 0.4) is 0 Å². The number of nitrogens with zero attached hydrogens (tertiary/aromatic N) is 2. The van der Waals surface area contributed by atoms with Gasteiger partial charge in [-0.2, -0.15) is 0 Å². The van der Waals surface area contributed by atoms with Crippen LogP contribution in [0.5, 0.6) is 0 Å². The van der Waals surface area contributed by atoms with Crippen LogP contribution in [0.1, 0.15) is 24.2 Å². The SMILES string of the molecule is CC(C)NC(=O)CNC(=O)c1cccc(-c2nccc(N)n2)c1. The lowest BCUT2D eigenvalue weighted by Gasteiger charge is -2.09. The predicted molar refractivity (Wildman–Crippen MR) is 87.5 cm³/mol. The molecule has 0 saturated heterocycles. The molecule has 0 fully saturated rings. The Bertz CT molecular complexity index is 715. The summed E-state index contributed by atoms with van der Waals surface area (Å²) in [5.41, 5.74) is 6.74. The van der Waals surface area contributed by atoms with Crippen molar-refractivity contribution >= 4 is 17.6 Å². The van der Waals surface area contributed by atoms with E-state index in [4.69, 9.17) is 5.73 Å². The second-order valence-electron chi connectivity index (χ2n) is 5.29. The van der Waals surface area contributed by atoms with Crippen LogP contribution in [0.25, 0.3) is 11.4 Å². The maximum absolute atomic E-state index is 12.1. The zero-order valence-corrected chi connectivity index (χ0v) is 13.0. The Morgan fingerprint density at radius 3 is 2.74 bits per heavy atom. The standard InChI is InChI=1S/C16H19N5O2/c1-10(2)20-14(22)9-19-16(23)12-5-3-4-11(8-12)15-18-7-6-13(17)21-15/h3-8,10H,9H2,1-2H3,(H,19,23)(H,20,22)(H2,17,18,21). The number of nitrogen functional groups attached to an aromatic ring is 1. The van der Waals surface area contributed by atoms with Crippen LogP contribution in [0.15, 0.2) is 36.5 Å². The van der Waals surface area contributed by atoms with Crippen molar-refractivity contribution in [3.05, 3.63) is 42.1 Å². The minimum Gasteiger partial charge on any atom is -0.384 e. The first-order valence-electron chi connectivity index (χ1n) is 7.22. The van der Waals surface area contributed by atoms with Crippen molar-refractivity contribution in [3.8, 4) is 11.4 Å². The lowest BCUT2D eigenvalue weighted by atomic mass is 10.1. The monoisotopic (exact) mass is 313 g/mol. The van der Waals surface area contributed by atoms with Crippen LogP contribution in [0.4, 0.5) is 5.82 Å². The number of aromatic nitrogens is 2. The van der Waals surface area contributed by atoms with Crippen LogP contribution >= 0.6 is 0 Å². The summed E-state index contributed by atoms with van der Waals surface area (Å²) in [5.74, 6) is 0.228. The molecule has 0 unspecified atom stereocenters. The molecule has 0 aliphatic rings. The van der Waals surface area contributed by atoms with Gasteiger partial charge in [-0.05, 0) is 32.0 Å². The number of amides is 2. The summed E-state index contributed by atoms with van der Waals surface area (Å²) >= 11 is 0. The van der Waals surface area contributed by atoms with Crippen molar-refractivity contribution in [1.82, 2.24) is 20.6 Å². The maximum Gasteiger partial charge on any atom is 0.251 e. The second kappa shape index (κ2) is 7.35. The highest BCUT2D eigenvalue weighted by atomic mass is 16.2. The number of rotatable bonds is 5. The van der Waals surface area contributed by atoms with Gasteiger partial charge in [0, 0.05) is 23.4 Å². The third kappa shape index (κ3) is 4.77. The number of carbonyl (C=O) groups excluding carboxylic acids is 2. The highest BCUT2D eigenvalue weighted by Gasteiger charge is 2.10. The third-order valence-corrected chi connectivity index (χ3v) is 2.92. The van der Waals surface area contributed by atoms with Crippen molar-refractivity contribution in [2.24, 2.45) is 0 Å². The molecule has 0 radical (unpaired) electrons. The lowest BCUT2D eigenvalue weighted by molar-refractivity contribution is -0.120. The van der Waals surface area contributed by atoms with Gasteiger partial charge < -0.3 is 16.4 Å². The Hall–Kier alpha value is -2.96. The molecule has 120 valence electrons. The van der Waals surface area contributed by atoms with Gasteiger partial charge in [0.2, 0.25) is 5.91 Å². The number of anilines is 1. The van der Waals surface area contributed by atoms with Crippen molar-refractivity contribution in [2.45, 2.75) is 19.9 Å². The lowest BCUT2D eigenvalue weighted by Crippen LogP contribution is -2.39. The fourth-order valence-corrected chi connectivity index (χ4v) is 1.95. The van der Waals surface area contributed by atoms with Crippen molar-refractivity contribution in [3.63, 3.8) is 0 Å². The van der Waals surface area contributed by atoms with Gasteiger partial charge >= 0.3 is 0 Å². The van der Waals surface area contributed by atoms with E-state index in [2.05, 4.69) is 20.6 Å². The van der Waals surface area contributed by atoms with Gasteiger partial charge in [0.05, 0.1) is 6.54 Å². The van der Waals surface area contributed by atoms with Crippen molar-refractivity contribution in [1.29, 1.82) is 0 Å². The summed E-state index contributed by atoms with van der Waals surface area (Å²) in [6.45, 7) is 3.64. The Morgan fingerprint density at radius 2 is 2.04 bits per heavy atom. The third-order valence-electron chi connectivity index (χ3n) is 2.92. The molecule has 1 aromatic carbocycles. The van der Waals surface area contributed by atoms with E-state index >= 15 is 0 Å². The van der Waals surface area contributed by atoms with Crippen molar-refractivity contribution in [2.75, 3.05) is 12.3 Å². The largest absolute Gasteiger partial charge is 0.384 e. The fourth-order valence-electron chi connectivity index (χ4n) is 1.95. The molecule has 0 aliphatic heterocycles. The molecule has 0 atom stereocenters. The topological polar surface area (TPSA) is 110 Å². The Morgan fingerprint density at radius 1 is 1.26 bits per heavy atom. The van der Waals surface area contributed by atoms with Gasteiger partial charge in [-0.25, -0.2) is 9.97 Å². The van der Waals surface area contributed by atoms with Gasteiger partial charge in [0.1, 0.15) is 5.82 Å². The van der Waals surface area contributed by atoms with E-state index in [1.807, 2.05) is 13.8 Å². The molecule has 4 N–H and O–H groups in total. The number of nitrogens with one attached hydrogen (secondary N) is 2. The van der Waals surface area contributed by atoms with E-state index in [9.17, 15) is 9.59 Å². The molecule has 2 aromatic rings. The first-order chi connectivity index (χ1) is 11.0. The van der Waals surface area contributed by atoms with Crippen molar-refractivity contribution < 1.29 is 9.59 Å². The number of benzene rings is 1. The average molecular weight is 313 g/mol. The zero-order valence-electron chi connectivity index (χ0n) is 13.0. The molecule has 0 aliphatic carbocycles. The van der Waals surface area contributed by atoms with Gasteiger partial charge in [-0.15, -0.1) is 0 Å². The van der Waals surface area contributed by atoms with E-state index in [1.54, 1.807) is 36.5 Å². The Labute approximate surface area is 134 Å². The minimum absolute atomic E-state index is 0.0309. The summed E-state index contributed by atoms with van der Waals surface area (Å²) < 4.78 is 0. The molecule has 1 aromatic heterocycles. The van der Waals surface area contributed by atoms with E-state index < -0.39 is 0 Å². The van der Waals surface area contributed by atoms with Gasteiger partial charge in [0.25, 0.3) is 5.91 Å². The zero-order chi connectivity index (χ0) is 16.8. The molecule has 1 heterocycles. The van der Waals surface area contributed by atoms with Gasteiger partial charge in [-0.3, -0.25) is 9.59 Å². The highest BCUT2D eigenvalue weighted by Crippen LogP contribution is 2.16. The molecule has 7 nitrogen and oxygen atoms in total. The minimum atomic E-state index is -0.338. The second-order valence-corrected chi connectivity index (χ2v) is 5.29. The highest BCUT2D eigenvalue weighted by molar-refractivity contribution is 5.97. The summed E-state index contributed by atoms with van der Waals surface area (Å²) in [7, 11) is 0. The summed E-state index contributed by atoms with van der Waals surface area (Å²) in [6.07, 6.45) is 1.56. The predicted octanol–water partition coefficient (Wildman–Crippen LogP) is 0.980. The van der Waals surface area contributed by atoms with Crippen LogP contribution in [-0.2, 0) is 4.79 Å². The maximum atomic E-state index is 12.1. The van der Waals surface area contributed by atoms with Crippen LogP contribution in [0, 0.1) is 0 Å². The Kier molecular flexibility index (Phi) is 5.24. The number of hydrogen-bond donors (Lipinski definition) is 3. The molecule has 0 saturated carbocycles. The molecule has 23 heavy (non-hydrogen) atoms. The summed E-state index contributed by atoms with van der Waals surface area (Å²) in [5, 5.41) is 5.28. The molecule has 0 spiro atoms.